The molecular formula is C26H37N3O5S. The Morgan fingerprint density at radius 1 is 1.03 bits per heavy atom. The van der Waals surface area contributed by atoms with Crippen molar-refractivity contribution in [1.82, 2.24) is 10.2 Å². The largest absolute Gasteiger partial charge is 0.492 e. The van der Waals surface area contributed by atoms with Crippen LogP contribution in [0, 0.1) is 0 Å². The molecule has 2 amide bonds. The molecular weight excluding hydrogens is 466 g/mol. The smallest absolute Gasteiger partial charge is 0.244 e. The van der Waals surface area contributed by atoms with Crippen LogP contribution in [-0.2, 0) is 26.0 Å². The number of rotatable bonds is 11. The van der Waals surface area contributed by atoms with Gasteiger partial charge < -0.3 is 15.0 Å². The van der Waals surface area contributed by atoms with Crippen LogP contribution in [0.1, 0.15) is 40.2 Å². The van der Waals surface area contributed by atoms with Gasteiger partial charge in [0.05, 0.1) is 18.6 Å². The summed E-state index contributed by atoms with van der Waals surface area (Å²) < 4.78 is 32.1. The SMILES string of the molecule is CCOc1ccccc1N(CC(=O)N(CCc1ccccc1)[C@H](C)C(=O)NC(C)(C)C)S(C)(=O)=O. The number of carbonyl (C=O) groups excluding carboxylic acids is 2. The lowest BCUT2D eigenvalue weighted by atomic mass is 10.1. The molecule has 0 heterocycles. The molecule has 0 aliphatic heterocycles. The maximum absolute atomic E-state index is 13.6. The van der Waals surface area contributed by atoms with Crippen LogP contribution in [0.15, 0.2) is 54.6 Å². The number of para-hydroxylation sites is 2. The number of amides is 2. The highest BCUT2D eigenvalue weighted by atomic mass is 32.2. The van der Waals surface area contributed by atoms with Crippen LogP contribution < -0.4 is 14.4 Å². The highest BCUT2D eigenvalue weighted by Gasteiger charge is 2.31. The molecule has 0 unspecified atom stereocenters. The van der Waals surface area contributed by atoms with Crippen LogP contribution in [0.5, 0.6) is 5.75 Å². The number of nitrogens with zero attached hydrogens (tertiary/aromatic N) is 2. The lowest BCUT2D eigenvalue weighted by molar-refractivity contribution is -0.139. The normalized spacial score (nSPS) is 12.5. The van der Waals surface area contributed by atoms with E-state index in [1.165, 1.54) is 4.90 Å². The van der Waals surface area contributed by atoms with Gasteiger partial charge in [-0.05, 0) is 58.7 Å². The maximum Gasteiger partial charge on any atom is 0.244 e. The van der Waals surface area contributed by atoms with E-state index >= 15 is 0 Å². The van der Waals surface area contributed by atoms with Gasteiger partial charge in [0.1, 0.15) is 18.3 Å². The highest BCUT2D eigenvalue weighted by Crippen LogP contribution is 2.30. The van der Waals surface area contributed by atoms with Crippen molar-refractivity contribution in [2.24, 2.45) is 0 Å². The third-order valence-electron chi connectivity index (χ3n) is 5.26. The first-order chi connectivity index (χ1) is 16.3. The zero-order valence-corrected chi connectivity index (χ0v) is 22.3. The molecule has 35 heavy (non-hydrogen) atoms. The number of sulfonamides is 1. The molecule has 192 valence electrons. The van der Waals surface area contributed by atoms with E-state index in [9.17, 15) is 18.0 Å². The Morgan fingerprint density at radius 3 is 2.20 bits per heavy atom. The minimum atomic E-state index is -3.82. The minimum absolute atomic E-state index is 0.256. The predicted molar refractivity (Wildman–Crippen MR) is 139 cm³/mol. The molecule has 2 aromatic rings. The number of hydrogen-bond acceptors (Lipinski definition) is 5. The van der Waals surface area contributed by atoms with E-state index in [2.05, 4.69) is 5.32 Å². The van der Waals surface area contributed by atoms with Gasteiger partial charge in [0.2, 0.25) is 21.8 Å². The number of carbonyl (C=O) groups is 2. The van der Waals surface area contributed by atoms with E-state index in [4.69, 9.17) is 4.74 Å². The second-order valence-corrected chi connectivity index (χ2v) is 11.3. The molecule has 0 aliphatic rings. The Hall–Kier alpha value is -3.07. The summed E-state index contributed by atoms with van der Waals surface area (Å²) >= 11 is 0. The summed E-state index contributed by atoms with van der Waals surface area (Å²) in [5.74, 6) is -0.420. The van der Waals surface area contributed by atoms with Gasteiger partial charge in [0, 0.05) is 12.1 Å². The minimum Gasteiger partial charge on any atom is -0.492 e. The van der Waals surface area contributed by atoms with Crippen molar-refractivity contribution in [3.63, 3.8) is 0 Å². The van der Waals surface area contributed by atoms with Gasteiger partial charge in [-0.25, -0.2) is 8.42 Å². The summed E-state index contributed by atoms with van der Waals surface area (Å²) in [6.07, 6.45) is 1.57. The average Bonchev–Trinajstić information content (AvgIpc) is 2.77. The van der Waals surface area contributed by atoms with Gasteiger partial charge >= 0.3 is 0 Å². The van der Waals surface area contributed by atoms with Crippen molar-refractivity contribution in [3.8, 4) is 5.75 Å². The molecule has 1 N–H and O–H groups in total. The van der Waals surface area contributed by atoms with Crippen molar-refractivity contribution in [3.05, 3.63) is 60.2 Å². The van der Waals surface area contributed by atoms with Crippen LogP contribution in [-0.4, -0.2) is 62.7 Å². The maximum atomic E-state index is 13.6. The van der Waals surface area contributed by atoms with E-state index in [-0.39, 0.29) is 18.1 Å². The van der Waals surface area contributed by atoms with Gasteiger partial charge in [0.25, 0.3) is 0 Å². The first-order valence-corrected chi connectivity index (χ1v) is 13.5. The summed E-state index contributed by atoms with van der Waals surface area (Å²) in [7, 11) is -3.82. The molecule has 9 heteroatoms. The molecule has 0 aromatic heterocycles. The Balaban J connectivity index is 2.37. The summed E-state index contributed by atoms with van der Waals surface area (Å²) in [5, 5.41) is 2.91. The molecule has 2 aromatic carbocycles. The van der Waals surface area contributed by atoms with E-state index in [1.807, 2.05) is 51.1 Å². The van der Waals surface area contributed by atoms with E-state index in [0.717, 1.165) is 16.1 Å². The van der Waals surface area contributed by atoms with Crippen molar-refractivity contribution in [2.75, 3.05) is 30.3 Å². The molecule has 8 nitrogen and oxygen atoms in total. The zero-order valence-electron chi connectivity index (χ0n) is 21.4. The molecule has 0 bridgehead atoms. The fourth-order valence-electron chi connectivity index (χ4n) is 3.58. The summed E-state index contributed by atoms with van der Waals surface area (Å²) in [6, 6.07) is 15.5. The lowest BCUT2D eigenvalue weighted by Crippen LogP contribution is -2.55. The summed E-state index contributed by atoms with van der Waals surface area (Å²) in [4.78, 5) is 28.0. The summed E-state index contributed by atoms with van der Waals surface area (Å²) in [5.41, 5.74) is 0.810. The van der Waals surface area contributed by atoms with Crippen LogP contribution >= 0.6 is 0 Å². The van der Waals surface area contributed by atoms with Gasteiger partial charge in [-0.2, -0.15) is 0 Å². The topological polar surface area (TPSA) is 96.0 Å². The van der Waals surface area contributed by atoms with Crippen LogP contribution in [0.2, 0.25) is 0 Å². The Kier molecular flexibility index (Phi) is 9.71. The standard InChI is InChI=1S/C26H37N3O5S/c1-7-34-23-16-12-11-15-22(23)29(35(6,32)33)19-24(30)28(18-17-21-13-9-8-10-14-21)20(2)25(31)27-26(3,4)5/h8-16,20H,7,17-19H2,1-6H3,(H,27,31)/t20-/m1/s1. The van der Waals surface area contributed by atoms with Crippen molar-refractivity contribution in [1.29, 1.82) is 0 Å². The molecule has 0 aliphatic carbocycles. The van der Waals surface area contributed by atoms with E-state index in [1.54, 1.807) is 38.1 Å². The molecule has 0 saturated heterocycles. The monoisotopic (exact) mass is 503 g/mol. The van der Waals surface area contributed by atoms with Crippen LogP contribution in [0.3, 0.4) is 0 Å². The number of hydrogen-bond donors (Lipinski definition) is 1. The molecule has 1 atom stereocenters. The molecule has 0 radical (unpaired) electrons. The quantitative estimate of drug-likeness (QED) is 0.508. The second-order valence-electron chi connectivity index (χ2n) is 9.41. The Labute approximate surface area is 209 Å². The number of anilines is 1. The lowest BCUT2D eigenvalue weighted by Gasteiger charge is -2.33. The first kappa shape index (κ1) is 28.2. The van der Waals surface area contributed by atoms with Gasteiger partial charge in [-0.3, -0.25) is 13.9 Å². The Bertz CT molecular complexity index is 1100. The van der Waals surface area contributed by atoms with Crippen LogP contribution in [0.4, 0.5) is 5.69 Å². The van der Waals surface area contributed by atoms with Crippen molar-refractivity contribution >= 4 is 27.5 Å². The molecule has 2 rings (SSSR count). The average molecular weight is 504 g/mol. The third kappa shape index (κ3) is 8.58. The van der Waals surface area contributed by atoms with E-state index < -0.39 is 34.1 Å². The van der Waals surface area contributed by atoms with Crippen molar-refractivity contribution < 1.29 is 22.7 Å². The number of ether oxygens (including phenoxy) is 1. The zero-order chi connectivity index (χ0) is 26.2. The molecule has 0 spiro atoms. The first-order valence-electron chi connectivity index (χ1n) is 11.7. The number of nitrogens with one attached hydrogen (secondary N) is 1. The fraction of sp³-hybridized carbons (Fsp3) is 0.462. The van der Waals surface area contributed by atoms with Gasteiger partial charge in [-0.1, -0.05) is 42.5 Å². The molecule has 0 fully saturated rings. The van der Waals surface area contributed by atoms with E-state index in [0.29, 0.717) is 18.8 Å². The fourth-order valence-corrected chi connectivity index (χ4v) is 4.43. The van der Waals surface area contributed by atoms with Gasteiger partial charge in [-0.15, -0.1) is 0 Å². The number of benzene rings is 2. The second kappa shape index (κ2) is 12.1. The van der Waals surface area contributed by atoms with Crippen LogP contribution in [0.25, 0.3) is 0 Å². The highest BCUT2D eigenvalue weighted by molar-refractivity contribution is 7.92. The van der Waals surface area contributed by atoms with Gasteiger partial charge in [0.15, 0.2) is 0 Å². The Morgan fingerprint density at radius 2 is 1.63 bits per heavy atom. The third-order valence-corrected chi connectivity index (χ3v) is 6.39. The van der Waals surface area contributed by atoms with Crippen molar-refractivity contribution in [2.45, 2.75) is 52.6 Å². The molecule has 0 saturated carbocycles. The summed E-state index contributed by atoms with van der Waals surface area (Å²) in [6.45, 7) is 9.20. The predicted octanol–water partition coefficient (Wildman–Crippen LogP) is 3.23.